The minimum absolute atomic E-state index is 0.0140. The van der Waals surface area contributed by atoms with Gasteiger partial charge in [-0.15, -0.1) is 0 Å². The van der Waals surface area contributed by atoms with E-state index < -0.39 is 23.9 Å². The SMILES string of the molecule is CC(C)(C)CN1C(=O)[C@](CC(=O)O)(c2cccc3c2OCCO3)OCc2cc(Cl)ccc21. The zero-order valence-electron chi connectivity index (χ0n) is 18.3. The van der Waals surface area contributed by atoms with Crippen LogP contribution in [0.5, 0.6) is 11.5 Å². The van der Waals surface area contributed by atoms with Gasteiger partial charge in [-0.2, -0.15) is 0 Å². The Kier molecular flexibility index (Phi) is 5.81. The summed E-state index contributed by atoms with van der Waals surface area (Å²) < 4.78 is 17.8. The van der Waals surface area contributed by atoms with E-state index >= 15 is 0 Å². The summed E-state index contributed by atoms with van der Waals surface area (Å²) in [5.74, 6) is -0.819. The zero-order chi connectivity index (χ0) is 23.1. The van der Waals surface area contributed by atoms with Crippen molar-refractivity contribution in [1.82, 2.24) is 0 Å². The number of fused-ring (bicyclic) bond motifs is 2. The fourth-order valence-corrected chi connectivity index (χ4v) is 4.37. The number of halogens is 1. The lowest BCUT2D eigenvalue weighted by Crippen LogP contribution is -2.51. The third kappa shape index (κ3) is 4.14. The van der Waals surface area contributed by atoms with Gasteiger partial charge in [0.1, 0.15) is 13.2 Å². The lowest BCUT2D eigenvalue weighted by atomic mass is 9.86. The van der Waals surface area contributed by atoms with Crippen LogP contribution in [0.15, 0.2) is 36.4 Å². The van der Waals surface area contributed by atoms with Crippen LogP contribution in [0.3, 0.4) is 0 Å². The highest BCUT2D eigenvalue weighted by atomic mass is 35.5. The maximum atomic E-state index is 14.2. The maximum Gasteiger partial charge on any atom is 0.307 e. The number of carbonyl (C=O) groups is 2. The minimum Gasteiger partial charge on any atom is -0.486 e. The monoisotopic (exact) mass is 459 g/mol. The van der Waals surface area contributed by atoms with Crippen molar-refractivity contribution in [2.75, 3.05) is 24.7 Å². The molecule has 0 aliphatic carbocycles. The molecule has 0 aromatic heterocycles. The van der Waals surface area contributed by atoms with E-state index in [2.05, 4.69) is 0 Å². The molecular weight excluding hydrogens is 434 g/mol. The van der Waals surface area contributed by atoms with Crippen LogP contribution in [0.1, 0.15) is 38.3 Å². The van der Waals surface area contributed by atoms with Crippen LogP contribution < -0.4 is 14.4 Å². The second kappa shape index (κ2) is 8.30. The van der Waals surface area contributed by atoms with Crippen LogP contribution in [-0.4, -0.2) is 36.7 Å². The summed E-state index contributed by atoms with van der Waals surface area (Å²) in [7, 11) is 0. The average molecular weight is 460 g/mol. The quantitative estimate of drug-likeness (QED) is 0.729. The van der Waals surface area contributed by atoms with Crippen LogP contribution in [-0.2, 0) is 26.5 Å². The van der Waals surface area contributed by atoms with Gasteiger partial charge in [0.15, 0.2) is 17.1 Å². The van der Waals surface area contributed by atoms with E-state index in [1.165, 1.54) is 0 Å². The van der Waals surface area contributed by atoms with Crippen molar-refractivity contribution < 1.29 is 28.9 Å². The van der Waals surface area contributed by atoms with Crippen LogP contribution in [0.25, 0.3) is 0 Å². The van der Waals surface area contributed by atoms with Gasteiger partial charge in [-0.05, 0) is 29.7 Å². The van der Waals surface area contributed by atoms with E-state index in [1.807, 2.05) is 20.8 Å². The summed E-state index contributed by atoms with van der Waals surface area (Å²) in [6.07, 6.45) is -0.561. The molecule has 2 aromatic rings. The van der Waals surface area contributed by atoms with E-state index in [4.69, 9.17) is 25.8 Å². The van der Waals surface area contributed by atoms with Crippen molar-refractivity contribution in [3.05, 3.63) is 52.5 Å². The average Bonchev–Trinajstić information content (AvgIpc) is 2.83. The highest BCUT2D eigenvalue weighted by Gasteiger charge is 2.51. The first-order valence-corrected chi connectivity index (χ1v) is 10.8. The fraction of sp³-hybridized carbons (Fsp3) is 0.417. The van der Waals surface area contributed by atoms with E-state index in [0.29, 0.717) is 53.1 Å². The Hall–Kier alpha value is -2.77. The number of carboxylic acids is 1. The van der Waals surface area contributed by atoms with Gasteiger partial charge in [0.25, 0.3) is 5.91 Å². The number of carbonyl (C=O) groups excluding carboxylic acids is 1. The maximum absolute atomic E-state index is 14.2. The molecule has 1 amide bonds. The van der Waals surface area contributed by atoms with Gasteiger partial charge in [0.2, 0.25) is 0 Å². The number of hydrogen-bond acceptors (Lipinski definition) is 5. The summed E-state index contributed by atoms with van der Waals surface area (Å²) in [5.41, 5.74) is -0.344. The minimum atomic E-state index is -1.80. The molecule has 0 saturated heterocycles. The number of aliphatic carboxylic acids is 1. The number of carboxylic acid groups (broad SMARTS) is 1. The predicted octanol–water partition coefficient (Wildman–Crippen LogP) is 4.39. The molecule has 2 aliphatic heterocycles. The normalized spacial score (nSPS) is 20.5. The number of rotatable bonds is 4. The van der Waals surface area contributed by atoms with Gasteiger partial charge in [-0.1, -0.05) is 44.5 Å². The number of ether oxygens (including phenoxy) is 3. The lowest BCUT2D eigenvalue weighted by Gasteiger charge is -2.38. The molecule has 2 aromatic carbocycles. The summed E-state index contributed by atoms with van der Waals surface area (Å²) in [5, 5.41) is 10.4. The van der Waals surface area contributed by atoms with Crippen molar-refractivity contribution in [1.29, 1.82) is 0 Å². The molecule has 32 heavy (non-hydrogen) atoms. The molecule has 0 spiro atoms. The largest absolute Gasteiger partial charge is 0.486 e. The van der Waals surface area contributed by atoms with Gasteiger partial charge >= 0.3 is 5.97 Å². The predicted molar refractivity (Wildman–Crippen MR) is 119 cm³/mol. The van der Waals surface area contributed by atoms with Gasteiger partial charge < -0.3 is 24.2 Å². The van der Waals surface area contributed by atoms with Crippen molar-refractivity contribution in [2.45, 2.75) is 39.4 Å². The summed E-state index contributed by atoms with van der Waals surface area (Å²) in [4.78, 5) is 27.9. The molecule has 0 unspecified atom stereocenters. The van der Waals surface area contributed by atoms with Crippen LogP contribution in [0.4, 0.5) is 5.69 Å². The fourth-order valence-electron chi connectivity index (χ4n) is 4.17. The Labute approximate surface area is 191 Å². The number of amides is 1. The summed E-state index contributed by atoms with van der Waals surface area (Å²) in [6, 6.07) is 10.4. The molecule has 0 fully saturated rings. The summed E-state index contributed by atoms with van der Waals surface area (Å²) in [6.45, 7) is 7.09. The van der Waals surface area contributed by atoms with Crippen LogP contribution in [0, 0.1) is 5.41 Å². The zero-order valence-corrected chi connectivity index (χ0v) is 19.1. The molecule has 7 nitrogen and oxygen atoms in total. The van der Waals surface area contributed by atoms with Gasteiger partial charge in [-0.25, -0.2) is 0 Å². The molecule has 2 aliphatic rings. The highest BCUT2D eigenvalue weighted by Crippen LogP contribution is 2.47. The molecule has 0 bridgehead atoms. The Balaban J connectivity index is 1.94. The first kappa shape index (κ1) is 22.4. The smallest absolute Gasteiger partial charge is 0.307 e. The molecular formula is C24H26ClNO6. The third-order valence-electron chi connectivity index (χ3n) is 5.43. The number of para-hydroxylation sites is 1. The molecule has 1 atom stereocenters. The number of anilines is 1. The second-order valence-corrected chi connectivity index (χ2v) is 9.68. The molecule has 4 rings (SSSR count). The molecule has 1 N–H and O–H groups in total. The van der Waals surface area contributed by atoms with Crippen molar-refractivity contribution in [3.63, 3.8) is 0 Å². The van der Waals surface area contributed by atoms with E-state index in [9.17, 15) is 14.7 Å². The van der Waals surface area contributed by atoms with Crippen LogP contribution in [0.2, 0.25) is 5.02 Å². The molecule has 0 saturated carbocycles. The van der Waals surface area contributed by atoms with Gasteiger partial charge in [-0.3, -0.25) is 9.59 Å². The van der Waals surface area contributed by atoms with E-state index in [1.54, 1.807) is 41.3 Å². The summed E-state index contributed by atoms with van der Waals surface area (Å²) >= 11 is 6.22. The lowest BCUT2D eigenvalue weighted by molar-refractivity contribution is -0.160. The Morgan fingerprint density at radius 1 is 1.19 bits per heavy atom. The van der Waals surface area contributed by atoms with Gasteiger partial charge in [0.05, 0.1) is 13.0 Å². The number of benzene rings is 2. The van der Waals surface area contributed by atoms with Crippen molar-refractivity contribution >= 4 is 29.2 Å². The second-order valence-electron chi connectivity index (χ2n) is 9.24. The van der Waals surface area contributed by atoms with Crippen molar-refractivity contribution in [3.8, 4) is 11.5 Å². The van der Waals surface area contributed by atoms with Gasteiger partial charge in [0, 0.05) is 28.4 Å². The first-order chi connectivity index (χ1) is 15.1. The Morgan fingerprint density at radius 3 is 2.66 bits per heavy atom. The standard InChI is InChI=1S/C24H26ClNO6/c1-23(2,3)14-26-18-8-7-16(25)11-15(18)13-32-24(22(26)29,12-20(27)28)17-5-4-6-19-21(17)31-10-9-30-19/h4-8,11H,9-10,12-14H2,1-3H3,(H,27,28)/t24-/m0/s1. The van der Waals surface area contributed by atoms with Crippen molar-refractivity contribution in [2.24, 2.45) is 5.41 Å². The first-order valence-electron chi connectivity index (χ1n) is 10.5. The number of hydrogen-bond donors (Lipinski definition) is 1. The molecule has 170 valence electrons. The highest BCUT2D eigenvalue weighted by molar-refractivity contribution is 6.30. The van der Waals surface area contributed by atoms with E-state index in [0.717, 1.165) is 0 Å². The van der Waals surface area contributed by atoms with Crippen LogP contribution >= 0.6 is 11.6 Å². The molecule has 2 heterocycles. The Bertz CT molecular complexity index is 1060. The Morgan fingerprint density at radius 2 is 1.94 bits per heavy atom. The molecule has 8 heteroatoms. The number of nitrogens with zero attached hydrogens (tertiary/aromatic N) is 1. The molecule has 0 radical (unpaired) electrons. The van der Waals surface area contributed by atoms with E-state index in [-0.39, 0.29) is 12.0 Å². The topological polar surface area (TPSA) is 85.3 Å². The third-order valence-corrected chi connectivity index (χ3v) is 5.67.